The zero-order valence-corrected chi connectivity index (χ0v) is 15.1. The van der Waals surface area contributed by atoms with Crippen molar-refractivity contribution in [3.05, 3.63) is 40.8 Å². The second kappa shape index (κ2) is 7.13. The zero-order chi connectivity index (χ0) is 14.9. The molecule has 1 aliphatic heterocycles. The largest absolute Gasteiger partial charge is 0.341 e. The van der Waals surface area contributed by atoms with Crippen LogP contribution in [0, 0.1) is 5.41 Å². The lowest BCUT2D eigenvalue weighted by atomic mass is 9.90. The Morgan fingerprint density at radius 2 is 2.09 bits per heavy atom. The van der Waals surface area contributed by atoms with Gasteiger partial charge in [0.2, 0.25) is 0 Å². The average molecular weight is 386 g/mol. The first-order chi connectivity index (χ1) is 10.1. The monoisotopic (exact) mass is 384 g/mol. The van der Waals surface area contributed by atoms with Crippen LogP contribution in [0.25, 0.3) is 11.3 Å². The fraction of sp³-hybridized carbons (Fsp3) is 0.438. The molecule has 1 atom stereocenters. The number of benzene rings is 1. The minimum atomic E-state index is 0. The van der Waals surface area contributed by atoms with E-state index in [1.54, 1.807) is 0 Å². The third kappa shape index (κ3) is 3.90. The molecule has 0 amide bonds. The van der Waals surface area contributed by atoms with Crippen LogP contribution in [0.5, 0.6) is 0 Å². The molecular formula is C16H22BrClN4. The van der Waals surface area contributed by atoms with Crippen LogP contribution in [-0.4, -0.2) is 34.5 Å². The Hall–Kier alpha value is -0.880. The Bertz CT molecular complexity index is 613. The lowest BCUT2D eigenvalue weighted by molar-refractivity contribution is 0.270. The third-order valence-electron chi connectivity index (χ3n) is 4.29. The molecule has 1 saturated heterocycles. The van der Waals surface area contributed by atoms with E-state index in [0.29, 0.717) is 0 Å². The predicted octanol–water partition coefficient (Wildman–Crippen LogP) is 3.43. The van der Waals surface area contributed by atoms with Gasteiger partial charge in [-0.1, -0.05) is 35.0 Å². The van der Waals surface area contributed by atoms with Crippen LogP contribution >= 0.6 is 28.3 Å². The summed E-state index contributed by atoms with van der Waals surface area (Å²) in [7, 11) is 0. The zero-order valence-electron chi connectivity index (χ0n) is 12.7. The molecule has 0 saturated carbocycles. The topological polar surface area (TPSA) is 57.9 Å². The molecule has 3 N–H and O–H groups in total. The van der Waals surface area contributed by atoms with Crippen LogP contribution < -0.4 is 5.73 Å². The van der Waals surface area contributed by atoms with Gasteiger partial charge in [0.05, 0.1) is 18.4 Å². The second-order valence-electron chi connectivity index (χ2n) is 6.23. The maximum atomic E-state index is 5.86. The number of nitrogens with one attached hydrogen (secondary N) is 1. The Labute approximate surface area is 146 Å². The van der Waals surface area contributed by atoms with E-state index in [4.69, 9.17) is 5.73 Å². The van der Waals surface area contributed by atoms with Crippen LogP contribution in [0.15, 0.2) is 34.9 Å². The number of aromatic amines is 1. The molecule has 120 valence electrons. The molecule has 22 heavy (non-hydrogen) atoms. The van der Waals surface area contributed by atoms with Gasteiger partial charge < -0.3 is 10.7 Å². The van der Waals surface area contributed by atoms with E-state index >= 15 is 0 Å². The normalized spacial score (nSPS) is 21.8. The fourth-order valence-corrected chi connectivity index (χ4v) is 3.12. The van der Waals surface area contributed by atoms with E-state index in [1.807, 2.05) is 18.3 Å². The van der Waals surface area contributed by atoms with Crippen molar-refractivity contribution in [1.29, 1.82) is 0 Å². The van der Waals surface area contributed by atoms with Crippen molar-refractivity contribution >= 4 is 28.3 Å². The Morgan fingerprint density at radius 1 is 1.36 bits per heavy atom. The number of nitrogens with two attached hydrogens (primary N) is 1. The van der Waals surface area contributed by atoms with E-state index < -0.39 is 0 Å². The molecule has 1 unspecified atom stereocenters. The summed E-state index contributed by atoms with van der Waals surface area (Å²) in [5.74, 6) is 1.02. The number of nitrogens with zero attached hydrogens (tertiary/aromatic N) is 2. The molecule has 1 aromatic carbocycles. The summed E-state index contributed by atoms with van der Waals surface area (Å²) in [5.41, 5.74) is 8.35. The number of aromatic nitrogens is 2. The van der Waals surface area contributed by atoms with Gasteiger partial charge in [0.25, 0.3) is 0 Å². The quantitative estimate of drug-likeness (QED) is 0.847. The van der Waals surface area contributed by atoms with E-state index in [2.05, 4.69) is 49.9 Å². The number of rotatable bonds is 4. The molecule has 0 radical (unpaired) electrons. The van der Waals surface area contributed by atoms with Crippen LogP contribution in [-0.2, 0) is 6.54 Å². The third-order valence-corrected chi connectivity index (χ3v) is 4.82. The van der Waals surface area contributed by atoms with Gasteiger partial charge in [-0.05, 0) is 42.6 Å². The molecule has 6 heteroatoms. The van der Waals surface area contributed by atoms with Crippen LogP contribution in [0.2, 0.25) is 0 Å². The standard InChI is InChI=1S/C16H21BrN4.ClH/c1-16(10-18)6-7-21(11-16)9-15-19-8-14(20-15)12-2-4-13(17)5-3-12;/h2-5,8H,6-7,9-11,18H2,1H3,(H,19,20);1H. The molecule has 0 spiro atoms. The summed E-state index contributed by atoms with van der Waals surface area (Å²) < 4.78 is 1.09. The van der Waals surface area contributed by atoms with E-state index in [1.165, 1.54) is 6.42 Å². The summed E-state index contributed by atoms with van der Waals surface area (Å²) >= 11 is 3.46. The number of likely N-dealkylation sites (tertiary alicyclic amines) is 1. The maximum absolute atomic E-state index is 5.86. The number of hydrogen-bond acceptors (Lipinski definition) is 3. The minimum Gasteiger partial charge on any atom is -0.341 e. The highest BCUT2D eigenvalue weighted by molar-refractivity contribution is 9.10. The van der Waals surface area contributed by atoms with Gasteiger partial charge in [0, 0.05) is 11.0 Å². The first-order valence-electron chi connectivity index (χ1n) is 7.30. The molecule has 1 fully saturated rings. The van der Waals surface area contributed by atoms with E-state index in [-0.39, 0.29) is 17.8 Å². The van der Waals surface area contributed by atoms with E-state index in [9.17, 15) is 0 Å². The maximum Gasteiger partial charge on any atom is 0.120 e. The van der Waals surface area contributed by atoms with Crippen LogP contribution in [0.4, 0.5) is 0 Å². The summed E-state index contributed by atoms with van der Waals surface area (Å²) in [6.07, 6.45) is 3.08. The lowest BCUT2D eigenvalue weighted by Gasteiger charge is -2.22. The Kier molecular flexibility index (Phi) is 5.66. The van der Waals surface area contributed by atoms with Gasteiger partial charge in [0.15, 0.2) is 0 Å². The van der Waals surface area contributed by atoms with Crippen LogP contribution in [0.1, 0.15) is 19.2 Å². The summed E-state index contributed by atoms with van der Waals surface area (Å²) in [4.78, 5) is 10.4. The summed E-state index contributed by atoms with van der Waals surface area (Å²) in [6, 6.07) is 8.26. The first kappa shape index (κ1) is 17.5. The highest BCUT2D eigenvalue weighted by Gasteiger charge is 2.32. The number of imidazole rings is 1. The summed E-state index contributed by atoms with van der Waals surface area (Å²) in [6.45, 7) is 6.04. The molecule has 1 aliphatic rings. The van der Waals surface area contributed by atoms with Crippen molar-refractivity contribution in [3.8, 4) is 11.3 Å². The number of hydrogen-bond donors (Lipinski definition) is 2. The van der Waals surface area contributed by atoms with Gasteiger partial charge in [-0.25, -0.2) is 4.98 Å². The molecule has 0 bridgehead atoms. The van der Waals surface area contributed by atoms with Crippen LogP contribution in [0.3, 0.4) is 0 Å². The fourth-order valence-electron chi connectivity index (χ4n) is 2.86. The van der Waals surface area contributed by atoms with E-state index in [0.717, 1.165) is 47.7 Å². The summed E-state index contributed by atoms with van der Waals surface area (Å²) in [5, 5.41) is 0. The van der Waals surface area contributed by atoms with Gasteiger partial charge in [-0.2, -0.15) is 0 Å². The predicted molar refractivity (Wildman–Crippen MR) is 96.0 cm³/mol. The molecule has 1 aromatic heterocycles. The van der Waals surface area contributed by atoms with Crippen molar-refractivity contribution in [2.45, 2.75) is 19.9 Å². The molecule has 2 heterocycles. The van der Waals surface area contributed by atoms with Crippen molar-refractivity contribution in [2.24, 2.45) is 11.1 Å². The second-order valence-corrected chi connectivity index (χ2v) is 7.14. The smallest absolute Gasteiger partial charge is 0.120 e. The Balaban J connectivity index is 0.00000176. The van der Waals surface area contributed by atoms with Crippen molar-refractivity contribution in [2.75, 3.05) is 19.6 Å². The van der Waals surface area contributed by atoms with Gasteiger partial charge in [0.1, 0.15) is 5.82 Å². The highest BCUT2D eigenvalue weighted by atomic mass is 79.9. The number of H-pyrrole nitrogens is 1. The molecule has 0 aliphatic carbocycles. The minimum absolute atomic E-state index is 0. The van der Waals surface area contributed by atoms with Gasteiger partial charge in [-0.15, -0.1) is 12.4 Å². The number of halogens is 2. The highest BCUT2D eigenvalue weighted by Crippen LogP contribution is 2.29. The Morgan fingerprint density at radius 3 is 2.73 bits per heavy atom. The van der Waals surface area contributed by atoms with Crippen molar-refractivity contribution < 1.29 is 0 Å². The van der Waals surface area contributed by atoms with Crippen molar-refractivity contribution in [1.82, 2.24) is 14.9 Å². The molecule has 2 aromatic rings. The first-order valence-corrected chi connectivity index (χ1v) is 8.09. The van der Waals surface area contributed by atoms with Gasteiger partial charge in [-0.3, -0.25) is 4.90 Å². The molecule has 3 rings (SSSR count). The lowest BCUT2D eigenvalue weighted by Crippen LogP contribution is -2.31. The SMILES string of the molecule is CC1(CN)CCN(Cc2ncc(-c3ccc(Br)cc3)[nH]2)C1.Cl. The molecule has 4 nitrogen and oxygen atoms in total. The average Bonchev–Trinajstić information content (AvgIpc) is 3.08. The molecular weight excluding hydrogens is 364 g/mol. The van der Waals surface area contributed by atoms with Gasteiger partial charge >= 0.3 is 0 Å². The van der Waals surface area contributed by atoms with Crippen molar-refractivity contribution in [3.63, 3.8) is 0 Å².